The first-order valence-corrected chi connectivity index (χ1v) is 13.1. The highest BCUT2D eigenvalue weighted by Gasteiger charge is 2.39. The van der Waals surface area contributed by atoms with E-state index in [-0.39, 0.29) is 5.56 Å². The summed E-state index contributed by atoms with van der Waals surface area (Å²) in [6.07, 6.45) is 5.61. The van der Waals surface area contributed by atoms with Crippen molar-refractivity contribution in [2.45, 2.75) is 24.8 Å². The Morgan fingerprint density at radius 1 is 1.05 bits per heavy atom. The number of benzene rings is 3. The number of halogens is 2. The molecule has 208 valence electrons. The van der Waals surface area contributed by atoms with Gasteiger partial charge in [0.2, 0.25) is 11.8 Å². The van der Waals surface area contributed by atoms with Crippen molar-refractivity contribution in [3.63, 3.8) is 0 Å². The Morgan fingerprint density at radius 2 is 1.80 bits per heavy atom. The van der Waals surface area contributed by atoms with E-state index in [1.165, 1.54) is 58.4 Å². The highest BCUT2D eigenvalue weighted by atomic mass is 35.5. The van der Waals surface area contributed by atoms with Gasteiger partial charge in [0.25, 0.3) is 0 Å². The quantitative estimate of drug-likeness (QED) is 0.309. The average Bonchev–Trinajstić information content (AvgIpc) is 3.51. The van der Waals surface area contributed by atoms with Gasteiger partial charge in [0, 0.05) is 34.8 Å². The summed E-state index contributed by atoms with van der Waals surface area (Å²) < 4.78 is 15.1. The van der Waals surface area contributed by atoms with Crippen molar-refractivity contribution in [3.8, 4) is 5.69 Å². The van der Waals surface area contributed by atoms with E-state index in [0.29, 0.717) is 41.3 Å². The SMILES string of the molecule is O=C(O)c1ccc(NC(=O)C2C(c3ccc(F)cc3)CCCN2C(=O)/C=C/c2cc(Cl)ccc2-n2cnnn2)cc1. The summed E-state index contributed by atoms with van der Waals surface area (Å²) in [6, 6.07) is 15.8. The van der Waals surface area contributed by atoms with Gasteiger partial charge in [0.15, 0.2) is 0 Å². The molecule has 0 saturated carbocycles. The van der Waals surface area contributed by atoms with Crippen molar-refractivity contribution in [1.29, 1.82) is 0 Å². The summed E-state index contributed by atoms with van der Waals surface area (Å²) in [5.74, 6) is -2.73. The van der Waals surface area contributed by atoms with E-state index >= 15 is 0 Å². The lowest BCUT2D eigenvalue weighted by Gasteiger charge is -2.40. The zero-order valence-electron chi connectivity index (χ0n) is 21.5. The number of carboxylic acids is 1. The second-order valence-electron chi connectivity index (χ2n) is 9.44. The van der Waals surface area contributed by atoms with Gasteiger partial charge in [-0.05, 0) is 89.5 Å². The Kier molecular flexibility index (Phi) is 8.16. The van der Waals surface area contributed by atoms with Crippen molar-refractivity contribution in [1.82, 2.24) is 25.1 Å². The van der Waals surface area contributed by atoms with E-state index in [1.54, 1.807) is 36.4 Å². The first-order chi connectivity index (χ1) is 19.8. The van der Waals surface area contributed by atoms with Crippen molar-refractivity contribution in [2.75, 3.05) is 11.9 Å². The van der Waals surface area contributed by atoms with Gasteiger partial charge >= 0.3 is 5.97 Å². The Bertz CT molecular complexity index is 1590. The molecule has 1 aliphatic rings. The summed E-state index contributed by atoms with van der Waals surface area (Å²) >= 11 is 6.21. The average molecular weight is 575 g/mol. The molecule has 12 heteroatoms. The number of carboxylic acid groups (broad SMARTS) is 1. The van der Waals surface area contributed by atoms with Crippen LogP contribution in [0.4, 0.5) is 10.1 Å². The molecule has 1 fully saturated rings. The van der Waals surface area contributed by atoms with Gasteiger partial charge in [-0.25, -0.2) is 9.18 Å². The fourth-order valence-electron chi connectivity index (χ4n) is 4.93. The smallest absolute Gasteiger partial charge is 0.335 e. The van der Waals surface area contributed by atoms with E-state index in [9.17, 15) is 23.9 Å². The number of carbonyl (C=O) groups excluding carboxylic acids is 2. The molecule has 4 aromatic rings. The third-order valence-corrected chi connectivity index (χ3v) is 7.11. The lowest BCUT2D eigenvalue weighted by molar-refractivity contribution is -0.137. The monoisotopic (exact) mass is 574 g/mol. The number of anilines is 1. The molecule has 0 aliphatic carbocycles. The number of nitrogens with zero attached hydrogens (tertiary/aromatic N) is 5. The largest absolute Gasteiger partial charge is 0.478 e. The fourth-order valence-corrected chi connectivity index (χ4v) is 5.12. The molecule has 3 aromatic carbocycles. The molecule has 0 spiro atoms. The van der Waals surface area contributed by atoms with Crippen LogP contribution in [0, 0.1) is 5.82 Å². The zero-order valence-corrected chi connectivity index (χ0v) is 22.3. The number of tetrazole rings is 1. The van der Waals surface area contributed by atoms with Crippen LogP contribution in [0.2, 0.25) is 5.02 Å². The van der Waals surface area contributed by atoms with E-state index in [1.807, 2.05) is 0 Å². The molecule has 1 saturated heterocycles. The first-order valence-electron chi connectivity index (χ1n) is 12.7. The van der Waals surface area contributed by atoms with E-state index in [2.05, 4.69) is 20.8 Å². The molecule has 2 N–H and O–H groups in total. The Labute approximate surface area is 239 Å². The van der Waals surface area contributed by atoms with Crippen molar-refractivity contribution in [2.24, 2.45) is 0 Å². The molecule has 2 heterocycles. The highest BCUT2D eigenvalue weighted by Crippen LogP contribution is 2.34. The number of piperidine rings is 1. The molecule has 1 aromatic heterocycles. The molecule has 2 atom stereocenters. The van der Waals surface area contributed by atoms with Gasteiger partial charge < -0.3 is 15.3 Å². The van der Waals surface area contributed by atoms with Gasteiger partial charge in [-0.1, -0.05) is 23.7 Å². The molecule has 1 aliphatic heterocycles. The minimum absolute atomic E-state index is 0.0776. The van der Waals surface area contributed by atoms with Crippen LogP contribution in [0.15, 0.2) is 79.1 Å². The number of hydrogen-bond acceptors (Lipinski definition) is 6. The van der Waals surface area contributed by atoms with Crippen LogP contribution in [0.5, 0.6) is 0 Å². The van der Waals surface area contributed by atoms with Crippen molar-refractivity contribution >= 4 is 41.1 Å². The van der Waals surface area contributed by atoms with Gasteiger partial charge in [-0.15, -0.1) is 5.10 Å². The number of nitrogens with one attached hydrogen (secondary N) is 1. The summed E-state index contributed by atoms with van der Waals surface area (Å²) in [6.45, 7) is 0.326. The predicted octanol–water partition coefficient (Wildman–Crippen LogP) is 4.58. The normalized spacial score (nSPS) is 17.0. The molecule has 0 bridgehead atoms. The van der Waals surface area contributed by atoms with Gasteiger partial charge in [-0.2, -0.15) is 4.68 Å². The Balaban J connectivity index is 1.45. The second kappa shape index (κ2) is 12.1. The number of amides is 2. The number of aromatic nitrogens is 4. The van der Waals surface area contributed by atoms with Crippen LogP contribution < -0.4 is 5.32 Å². The van der Waals surface area contributed by atoms with E-state index in [0.717, 1.165) is 5.56 Å². The summed E-state index contributed by atoms with van der Waals surface area (Å²) in [5, 5.41) is 23.7. The van der Waals surface area contributed by atoms with Gasteiger partial charge in [0.05, 0.1) is 11.3 Å². The lowest BCUT2D eigenvalue weighted by atomic mass is 9.82. The molecule has 0 radical (unpaired) electrons. The van der Waals surface area contributed by atoms with Crippen LogP contribution in [-0.2, 0) is 9.59 Å². The van der Waals surface area contributed by atoms with E-state index in [4.69, 9.17) is 11.6 Å². The predicted molar refractivity (Wildman–Crippen MR) is 149 cm³/mol. The molecule has 10 nitrogen and oxygen atoms in total. The van der Waals surface area contributed by atoms with Crippen LogP contribution in [0.3, 0.4) is 0 Å². The van der Waals surface area contributed by atoms with Crippen LogP contribution in [-0.4, -0.2) is 60.6 Å². The molecule has 2 unspecified atom stereocenters. The number of hydrogen-bond donors (Lipinski definition) is 2. The Morgan fingerprint density at radius 3 is 2.49 bits per heavy atom. The minimum Gasteiger partial charge on any atom is -0.478 e. The number of carbonyl (C=O) groups is 3. The number of aromatic carboxylic acids is 1. The molecule has 5 rings (SSSR count). The number of likely N-dealkylation sites (tertiary alicyclic amines) is 1. The maximum atomic E-state index is 13.7. The Hall–Kier alpha value is -4.90. The molecule has 2 amide bonds. The third-order valence-electron chi connectivity index (χ3n) is 6.87. The van der Waals surface area contributed by atoms with Crippen molar-refractivity contribution in [3.05, 3.63) is 107 Å². The first kappa shape index (κ1) is 27.7. The topological polar surface area (TPSA) is 130 Å². The zero-order chi connectivity index (χ0) is 28.9. The van der Waals surface area contributed by atoms with Crippen LogP contribution in [0.1, 0.15) is 40.2 Å². The van der Waals surface area contributed by atoms with Gasteiger partial charge in [0.1, 0.15) is 18.2 Å². The standard InChI is InChI=1S/C29H24ClFN6O4/c30-21-8-13-25(37-17-32-34-35-37)20(16-21)7-14-26(38)36-15-1-2-24(18-3-9-22(31)10-4-18)27(36)28(39)33-23-11-5-19(6-12-23)29(40)41/h3-14,16-17,24,27H,1-2,15H2,(H,33,39)(H,40,41)/b14-7+. The molecule has 41 heavy (non-hydrogen) atoms. The van der Waals surface area contributed by atoms with Crippen LogP contribution >= 0.6 is 11.6 Å². The summed E-state index contributed by atoms with van der Waals surface area (Å²) in [4.78, 5) is 40.1. The second-order valence-corrected chi connectivity index (χ2v) is 9.88. The summed E-state index contributed by atoms with van der Waals surface area (Å²) in [7, 11) is 0. The maximum absolute atomic E-state index is 13.7. The third kappa shape index (κ3) is 6.30. The van der Waals surface area contributed by atoms with E-state index < -0.39 is 35.6 Å². The molecular weight excluding hydrogens is 551 g/mol. The fraction of sp³-hybridized carbons (Fsp3) is 0.172. The number of rotatable bonds is 7. The minimum atomic E-state index is -1.09. The summed E-state index contributed by atoms with van der Waals surface area (Å²) in [5.41, 5.74) is 2.38. The lowest BCUT2D eigenvalue weighted by Crippen LogP contribution is -2.53. The van der Waals surface area contributed by atoms with Crippen LogP contribution in [0.25, 0.3) is 11.8 Å². The maximum Gasteiger partial charge on any atom is 0.335 e. The molecular formula is C29H24ClFN6O4. The highest BCUT2D eigenvalue weighted by molar-refractivity contribution is 6.30. The van der Waals surface area contributed by atoms with Gasteiger partial charge in [-0.3, -0.25) is 9.59 Å². The van der Waals surface area contributed by atoms with Crippen molar-refractivity contribution < 1.29 is 23.9 Å².